The summed E-state index contributed by atoms with van der Waals surface area (Å²) in [4.78, 5) is 12.0. The maximum atomic E-state index is 5.29. The van der Waals surface area contributed by atoms with Crippen molar-refractivity contribution in [1.82, 2.24) is 15.0 Å². The first-order chi connectivity index (χ1) is 7.79. The molecule has 0 aliphatic rings. The molecule has 2 rings (SSSR count). The molecule has 0 bridgehead atoms. The van der Waals surface area contributed by atoms with Gasteiger partial charge in [0.05, 0.1) is 5.52 Å². The Kier molecular flexibility index (Phi) is 3.51. The highest BCUT2D eigenvalue weighted by Gasteiger charge is 2.03. The van der Waals surface area contributed by atoms with E-state index in [1.807, 2.05) is 20.0 Å². The van der Waals surface area contributed by atoms with Crippen molar-refractivity contribution >= 4 is 11.2 Å². The summed E-state index contributed by atoms with van der Waals surface area (Å²) < 4.78 is 5.29. The lowest BCUT2D eigenvalue weighted by Gasteiger charge is -1.98. The van der Waals surface area contributed by atoms with Crippen LogP contribution < -0.4 is 0 Å². The first-order valence-electron chi connectivity index (χ1n) is 5.68. The zero-order valence-corrected chi connectivity index (χ0v) is 9.79. The molecule has 0 aliphatic heterocycles. The third-order valence-corrected chi connectivity index (χ3v) is 2.43. The van der Waals surface area contributed by atoms with Gasteiger partial charge in [-0.25, -0.2) is 9.97 Å². The fraction of sp³-hybridized carbons (Fsp3) is 0.500. The number of H-pyrrole nitrogens is 1. The van der Waals surface area contributed by atoms with Crippen LogP contribution in [0.2, 0.25) is 0 Å². The highest BCUT2D eigenvalue weighted by Crippen LogP contribution is 2.11. The van der Waals surface area contributed by atoms with Crippen LogP contribution in [-0.4, -0.2) is 28.2 Å². The standard InChI is InChI=1S/C12H17N3O/c1-3-16-6-4-5-11-14-10-7-9(2)8-13-12(10)15-11/h7-8H,3-6H2,1-2H3,(H,13,14,15). The number of rotatable bonds is 5. The largest absolute Gasteiger partial charge is 0.382 e. The van der Waals surface area contributed by atoms with E-state index in [1.54, 1.807) is 0 Å². The number of fused-ring (bicyclic) bond motifs is 1. The van der Waals surface area contributed by atoms with E-state index in [0.717, 1.165) is 48.6 Å². The molecular weight excluding hydrogens is 202 g/mol. The molecule has 0 saturated carbocycles. The second-order valence-electron chi connectivity index (χ2n) is 3.87. The third kappa shape index (κ3) is 2.58. The number of nitrogens with one attached hydrogen (secondary N) is 1. The van der Waals surface area contributed by atoms with Gasteiger partial charge in [0.1, 0.15) is 5.82 Å². The zero-order chi connectivity index (χ0) is 11.4. The van der Waals surface area contributed by atoms with Crippen LogP contribution in [0, 0.1) is 6.92 Å². The average molecular weight is 219 g/mol. The van der Waals surface area contributed by atoms with Crippen molar-refractivity contribution in [2.24, 2.45) is 0 Å². The smallest absolute Gasteiger partial charge is 0.177 e. The number of aryl methyl sites for hydroxylation is 2. The molecular formula is C12H17N3O. The molecule has 0 aliphatic carbocycles. The summed E-state index contributed by atoms with van der Waals surface area (Å²) in [6.45, 7) is 5.61. The van der Waals surface area contributed by atoms with Crippen LogP contribution in [0.5, 0.6) is 0 Å². The molecule has 0 spiro atoms. The molecule has 0 atom stereocenters. The SMILES string of the molecule is CCOCCCc1nc2ncc(C)cc2[nH]1. The number of imidazole rings is 1. The third-order valence-electron chi connectivity index (χ3n) is 2.43. The molecule has 2 heterocycles. The summed E-state index contributed by atoms with van der Waals surface area (Å²) in [6.07, 6.45) is 3.75. The highest BCUT2D eigenvalue weighted by atomic mass is 16.5. The van der Waals surface area contributed by atoms with Gasteiger partial charge in [-0.15, -0.1) is 0 Å². The van der Waals surface area contributed by atoms with Gasteiger partial charge in [-0.1, -0.05) is 0 Å². The van der Waals surface area contributed by atoms with Gasteiger partial charge in [-0.2, -0.15) is 0 Å². The Morgan fingerprint density at radius 1 is 1.44 bits per heavy atom. The van der Waals surface area contributed by atoms with Crippen molar-refractivity contribution < 1.29 is 4.74 Å². The van der Waals surface area contributed by atoms with E-state index in [-0.39, 0.29) is 0 Å². The van der Waals surface area contributed by atoms with Crippen LogP contribution in [-0.2, 0) is 11.2 Å². The van der Waals surface area contributed by atoms with E-state index in [9.17, 15) is 0 Å². The van der Waals surface area contributed by atoms with Crippen molar-refractivity contribution in [2.45, 2.75) is 26.7 Å². The molecule has 0 aromatic carbocycles. The molecule has 0 radical (unpaired) electrons. The minimum Gasteiger partial charge on any atom is -0.382 e. The minimum atomic E-state index is 0.779. The van der Waals surface area contributed by atoms with Gasteiger partial charge >= 0.3 is 0 Å². The molecule has 86 valence electrons. The normalized spacial score (nSPS) is 11.1. The number of pyridine rings is 1. The van der Waals surface area contributed by atoms with Crippen molar-refractivity contribution in [2.75, 3.05) is 13.2 Å². The number of hydrogen-bond donors (Lipinski definition) is 1. The summed E-state index contributed by atoms with van der Waals surface area (Å²) in [6, 6.07) is 2.07. The van der Waals surface area contributed by atoms with Crippen LogP contribution >= 0.6 is 0 Å². The Balaban J connectivity index is 2.02. The Morgan fingerprint density at radius 3 is 3.12 bits per heavy atom. The van der Waals surface area contributed by atoms with E-state index >= 15 is 0 Å². The quantitative estimate of drug-likeness (QED) is 0.784. The molecule has 1 N–H and O–H groups in total. The van der Waals surface area contributed by atoms with Crippen molar-refractivity contribution in [3.8, 4) is 0 Å². The van der Waals surface area contributed by atoms with Gasteiger partial charge in [-0.3, -0.25) is 0 Å². The Morgan fingerprint density at radius 2 is 2.31 bits per heavy atom. The topological polar surface area (TPSA) is 50.8 Å². The van der Waals surface area contributed by atoms with Crippen LogP contribution in [0.3, 0.4) is 0 Å². The highest BCUT2D eigenvalue weighted by molar-refractivity contribution is 5.70. The molecule has 2 aromatic rings. The maximum Gasteiger partial charge on any atom is 0.177 e. The van der Waals surface area contributed by atoms with Crippen LogP contribution in [0.4, 0.5) is 0 Å². The van der Waals surface area contributed by atoms with Gasteiger partial charge in [0.15, 0.2) is 5.65 Å². The molecule has 0 saturated heterocycles. The van der Waals surface area contributed by atoms with Crippen molar-refractivity contribution in [3.63, 3.8) is 0 Å². The van der Waals surface area contributed by atoms with Crippen LogP contribution in [0.1, 0.15) is 24.7 Å². The predicted molar refractivity (Wildman–Crippen MR) is 63.4 cm³/mol. The number of ether oxygens (including phenoxy) is 1. The van der Waals surface area contributed by atoms with Gasteiger partial charge in [0.2, 0.25) is 0 Å². The minimum absolute atomic E-state index is 0.779. The lowest BCUT2D eigenvalue weighted by atomic mass is 10.3. The molecule has 0 fully saturated rings. The first-order valence-corrected chi connectivity index (χ1v) is 5.68. The summed E-state index contributed by atoms with van der Waals surface area (Å²) in [5.74, 6) is 0.993. The monoisotopic (exact) mass is 219 g/mol. The van der Waals surface area contributed by atoms with E-state index < -0.39 is 0 Å². The van der Waals surface area contributed by atoms with E-state index in [1.165, 1.54) is 0 Å². The number of hydrogen-bond acceptors (Lipinski definition) is 3. The van der Waals surface area contributed by atoms with E-state index in [0.29, 0.717) is 0 Å². The molecule has 4 nitrogen and oxygen atoms in total. The predicted octanol–water partition coefficient (Wildman–Crippen LogP) is 2.24. The van der Waals surface area contributed by atoms with Gasteiger partial charge in [-0.05, 0) is 31.9 Å². The van der Waals surface area contributed by atoms with Gasteiger partial charge < -0.3 is 9.72 Å². The molecule has 0 unspecified atom stereocenters. The summed E-state index contributed by atoms with van der Waals surface area (Å²) >= 11 is 0. The van der Waals surface area contributed by atoms with Crippen molar-refractivity contribution in [1.29, 1.82) is 0 Å². The Hall–Kier alpha value is -1.42. The van der Waals surface area contributed by atoms with E-state index in [4.69, 9.17) is 4.74 Å². The summed E-state index contributed by atoms with van der Waals surface area (Å²) in [7, 11) is 0. The lowest BCUT2D eigenvalue weighted by molar-refractivity contribution is 0.145. The van der Waals surface area contributed by atoms with Crippen LogP contribution in [0.15, 0.2) is 12.3 Å². The Labute approximate surface area is 95.1 Å². The lowest BCUT2D eigenvalue weighted by Crippen LogP contribution is -1.96. The fourth-order valence-electron chi connectivity index (χ4n) is 1.66. The van der Waals surface area contributed by atoms with Crippen molar-refractivity contribution in [3.05, 3.63) is 23.7 Å². The fourth-order valence-corrected chi connectivity index (χ4v) is 1.66. The van der Waals surface area contributed by atoms with Gasteiger partial charge in [0, 0.05) is 25.8 Å². The number of aromatic nitrogens is 3. The second kappa shape index (κ2) is 5.07. The van der Waals surface area contributed by atoms with Gasteiger partial charge in [0.25, 0.3) is 0 Å². The molecule has 4 heteroatoms. The second-order valence-corrected chi connectivity index (χ2v) is 3.87. The first kappa shape index (κ1) is 11.1. The van der Waals surface area contributed by atoms with Crippen LogP contribution in [0.25, 0.3) is 11.2 Å². The molecule has 16 heavy (non-hydrogen) atoms. The molecule has 0 amide bonds. The van der Waals surface area contributed by atoms with E-state index in [2.05, 4.69) is 21.0 Å². The number of aromatic amines is 1. The average Bonchev–Trinajstić information content (AvgIpc) is 2.66. The molecule has 2 aromatic heterocycles. The maximum absolute atomic E-state index is 5.29. The zero-order valence-electron chi connectivity index (χ0n) is 9.79. The summed E-state index contributed by atoms with van der Waals surface area (Å²) in [5, 5.41) is 0. The summed E-state index contributed by atoms with van der Waals surface area (Å²) in [5.41, 5.74) is 2.97. The Bertz CT molecular complexity index is 464. The number of nitrogens with zero attached hydrogens (tertiary/aromatic N) is 2.